The zero-order valence-electron chi connectivity index (χ0n) is 9.50. The van der Waals surface area contributed by atoms with Gasteiger partial charge < -0.3 is 10.4 Å². The summed E-state index contributed by atoms with van der Waals surface area (Å²) in [7, 11) is 0. The van der Waals surface area contributed by atoms with Gasteiger partial charge in [-0.25, -0.2) is 0 Å². The van der Waals surface area contributed by atoms with Gasteiger partial charge in [-0.3, -0.25) is 4.90 Å². The fourth-order valence-electron chi connectivity index (χ4n) is 2.04. The highest BCUT2D eigenvalue weighted by molar-refractivity contribution is 4.77. The zero-order valence-corrected chi connectivity index (χ0v) is 9.50. The second kappa shape index (κ2) is 6.38. The first-order valence-electron chi connectivity index (χ1n) is 5.87. The first kappa shape index (κ1) is 12.0. The van der Waals surface area contributed by atoms with Crippen LogP contribution in [0.5, 0.6) is 0 Å². The summed E-state index contributed by atoms with van der Waals surface area (Å²) in [5, 5.41) is 13.0. The van der Waals surface area contributed by atoms with Crippen molar-refractivity contribution < 1.29 is 5.11 Å². The minimum atomic E-state index is -0.206. The molecule has 1 aliphatic heterocycles. The zero-order chi connectivity index (χ0) is 10.4. The van der Waals surface area contributed by atoms with Crippen LogP contribution in [0.1, 0.15) is 33.1 Å². The molecule has 0 aromatic rings. The lowest BCUT2D eigenvalue weighted by Crippen LogP contribution is -2.39. The third kappa shape index (κ3) is 3.95. The maximum atomic E-state index is 9.75. The Hall–Kier alpha value is -0.120. The second-order valence-corrected chi connectivity index (χ2v) is 4.34. The fourth-order valence-corrected chi connectivity index (χ4v) is 2.04. The van der Waals surface area contributed by atoms with E-state index in [-0.39, 0.29) is 6.10 Å². The van der Waals surface area contributed by atoms with Crippen LogP contribution in [-0.2, 0) is 0 Å². The molecule has 1 fully saturated rings. The predicted molar refractivity (Wildman–Crippen MR) is 59.4 cm³/mol. The number of likely N-dealkylation sites (tertiary alicyclic amines) is 1. The molecule has 14 heavy (non-hydrogen) atoms. The number of hydrogen-bond donors (Lipinski definition) is 2. The van der Waals surface area contributed by atoms with Crippen molar-refractivity contribution in [3.63, 3.8) is 0 Å². The number of nitrogens with zero attached hydrogens (tertiary/aromatic N) is 1. The Morgan fingerprint density at radius 2 is 2.36 bits per heavy atom. The number of rotatable bonds is 6. The van der Waals surface area contributed by atoms with E-state index in [4.69, 9.17) is 0 Å². The molecule has 1 saturated heterocycles. The third-order valence-corrected chi connectivity index (χ3v) is 2.94. The van der Waals surface area contributed by atoms with Crippen molar-refractivity contribution in [3.8, 4) is 0 Å². The predicted octanol–water partition coefficient (Wildman–Crippen LogP) is 0.831. The Bertz CT molecular complexity index is 152. The van der Waals surface area contributed by atoms with Gasteiger partial charge >= 0.3 is 0 Å². The van der Waals surface area contributed by atoms with E-state index in [0.717, 1.165) is 32.6 Å². The summed E-state index contributed by atoms with van der Waals surface area (Å²) in [6, 6.07) is 0.663. The van der Waals surface area contributed by atoms with E-state index < -0.39 is 0 Å². The molecule has 84 valence electrons. The Morgan fingerprint density at radius 1 is 1.57 bits per heavy atom. The first-order valence-corrected chi connectivity index (χ1v) is 5.87. The summed E-state index contributed by atoms with van der Waals surface area (Å²) in [5.74, 6) is 0. The van der Waals surface area contributed by atoms with Gasteiger partial charge in [0.25, 0.3) is 0 Å². The molecule has 0 radical (unpaired) electrons. The van der Waals surface area contributed by atoms with Crippen molar-refractivity contribution in [2.45, 2.75) is 45.3 Å². The van der Waals surface area contributed by atoms with Crippen LogP contribution in [-0.4, -0.2) is 48.3 Å². The Balaban J connectivity index is 2.09. The smallest absolute Gasteiger partial charge is 0.0791 e. The molecule has 3 heteroatoms. The van der Waals surface area contributed by atoms with Gasteiger partial charge in [0.05, 0.1) is 6.10 Å². The monoisotopic (exact) mass is 200 g/mol. The number of aliphatic hydroxyl groups excluding tert-OH is 1. The minimum Gasteiger partial charge on any atom is -0.390 e. The summed E-state index contributed by atoms with van der Waals surface area (Å²) in [4.78, 5) is 2.39. The van der Waals surface area contributed by atoms with E-state index in [9.17, 15) is 5.11 Å². The summed E-state index contributed by atoms with van der Waals surface area (Å²) >= 11 is 0. The van der Waals surface area contributed by atoms with Gasteiger partial charge in [0, 0.05) is 19.1 Å². The lowest BCUT2D eigenvalue weighted by Gasteiger charge is -2.24. The van der Waals surface area contributed by atoms with Gasteiger partial charge in [0.1, 0.15) is 0 Å². The number of nitrogens with one attached hydrogen (secondary N) is 1. The molecular formula is C11H24N2O. The van der Waals surface area contributed by atoms with Crippen molar-refractivity contribution in [3.05, 3.63) is 0 Å². The van der Waals surface area contributed by atoms with Gasteiger partial charge in [0.2, 0.25) is 0 Å². The second-order valence-electron chi connectivity index (χ2n) is 4.34. The topological polar surface area (TPSA) is 35.5 Å². The van der Waals surface area contributed by atoms with Crippen LogP contribution < -0.4 is 5.32 Å². The molecule has 0 saturated carbocycles. The molecule has 3 nitrogen and oxygen atoms in total. The lowest BCUT2D eigenvalue weighted by molar-refractivity contribution is 0.108. The van der Waals surface area contributed by atoms with Crippen LogP contribution in [0.2, 0.25) is 0 Å². The molecule has 0 bridgehead atoms. The highest BCUT2D eigenvalue weighted by atomic mass is 16.3. The van der Waals surface area contributed by atoms with Gasteiger partial charge in [-0.1, -0.05) is 6.92 Å². The van der Waals surface area contributed by atoms with Crippen molar-refractivity contribution in [1.29, 1.82) is 0 Å². The average molecular weight is 200 g/mol. The quantitative estimate of drug-likeness (QED) is 0.623. The van der Waals surface area contributed by atoms with Gasteiger partial charge in [0.15, 0.2) is 0 Å². The number of β-amino-alcohol motifs (C(OH)–C–C–N with tert-alkyl or cyclic N) is 1. The Labute approximate surface area is 87.5 Å². The van der Waals surface area contributed by atoms with Crippen LogP contribution >= 0.6 is 0 Å². The van der Waals surface area contributed by atoms with Crippen molar-refractivity contribution in [1.82, 2.24) is 10.2 Å². The molecular weight excluding hydrogens is 176 g/mol. The third-order valence-electron chi connectivity index (χ3n) is 2.94. The van der Waals surface area contributed by atoms with Gasteiger partial charge in [-0.2, -0.15) is 0 Å². The standard InChI is InChI=1S/C11H24N2O/c1-3-6-12-8-11(14)9-13-7-4-5-10(13)2/h10-12,14H,3-9H2,1-2H3. The molecule has 1 aliphatic rings. The fraction of sp³-hybridized carbons (Fsp3) is 1.00. The van der Waals surface area contributed by atoms with Crippen molar-refractivity contribution in [2.24, 2.45) is 0 Å². The largest absolute Gasteiger partial charge is 0.390 e. The van der Waals surface area contributed by atoms with Crippen LogP contribution in [0, 0.1) is 0 Å². The maximum absolute atomic E-state index is 9.75. The molecule has 2 N–H and O–H groups in total. The molecule has 0 aromatic heterocycles. The van der Waals surface area contributed by atoms with E-state index in [1.54, 1.807) is 0 Å². The summed E-state index contributed by atoms with van der Waals surface area (Å²) < 4.78 is 0. The summed E-state index contributed by atoms with van der Waals surface area (Å²) in [6.45, 7) is 8.12. The van der Waals surface area contributed by atoms with E-state index in [1.165, 1.54) is 12.8 Å². The van der Waals surface area contributed by atoms with E-state index >= 15 is 0 Å². The number of hydrogen-bond acceptors (Lipinski definition) is 3. The molecule has 1 rings (SSSR count). The van der Waals surface area contributed by atoms with E-state index in [0.29, 0.717) is 6.04 Å². The molecule has 0 amide bonds. The summed E-state index contributed by atoms with van der Waals surface area (Å²) in [5.41, 5.74) is 0. The minimum absolute atomic E-state index is 0.206. The van der Waals surface area contributed by atoms with E-state index in [1.807, 2.05) is 0 Å². The summed E-state index contributed by atoms with van der Waals surface area (Å²) in [6.07, 6.45) is 3.50. The van der Waals surface area contributed by atoms with Crippen LogP contribution in [0.3, 0.4) is 0 Å². The molecule has 0 aromatic carbocycles. The molecule has 1 heterocycles. The van der Waals surface area contributed by atoms with E-state index in [2.05, 4.69) is 24.1 Å². The molecule has 0 spiro atoms. The highest BCUT2D eigenvalue weighted by Gasteiger charge is 2.21. The molecule has 2 unspecified atom stereocenters. The highest BCUT2D eigenvalue weighted by Crippen LogP contribution is 2.15. The Kier molecular flexibility index (Phi) is 5.45. The SMILES string of the molecule is CCCNCC(O)CN1CCCC1C. The van der Waals surface area contributed by atoms with Crippen molar-refractivity contribution >= 4 is 0 Å². The van der Waals surface area contributed by atoms with Gasteiger partial charge in [-0.15, -0.1) is 0 Å². The van der Waals surface area contributed by atoms with Crippen molar-refractivity contribution in [2.75, 3.05) is 26.2 Å². The normalized spacial score (nSPS) is 25.5. The Morgan fingerprint density at radius 3 is 2.93 bits per heavy atom. The molecule has 2 atom stereocenters. The average Bonchev–Trinajstić information content (AvgIpc) is 2.52. The van der Waals surface area contributed by atoms with Crippen LogP contribution in [0.25, 0.3) is 0 Å². The first-order chi connectivity index (χ1) is 6.74. The van der Waals surface area contributed by atoms with Gasteiger partial charge in [-0.05, 0) is 39.3 Å². The van der Waals surface area contributed by atoms with Crippen LogP contribution in [0.15, 0.2) is 0 Å². The van der Waals surface area contributed by atoms with Crippen LogP contribution in [0.4, 0.5) is 0 Å². The lowest BCUT2D eigenvalue weighted by atomic mass is 10.2. The maximum Gasteiger partial charge on any atom is 0.0791 e. The molecule has 0 aliphatic carbocycles. The number of aliphatic hydroxyl groups is 1.